The first kappa shape index (κ1) is 24.8. The van der Waals surface area contributed by atoms with Crippen molar-refractivity contribution in [2.45, 2.75) is 39.9 Å². The van der Waals surface area contributed by atoms with Crippen LogP contribution in [0.3, 0.4) is 0 Å². The molecule has 0 bridgehead atoms. The average molecular weight is 582 g/mol. The molecular formula is C28H27IN2O4. The zero-order chi connectivity index (χ0) is 25.2. The number of ether oxygens (including phenoxy) is 2. The van der Waals surface area contributed by atoms with Gasteiger partial charge >= 0.3 is 12.1 Å². The van der Waals surface area contributed by atoms with Crippen LogP contribution in [-0.4, -0.2) is 22.2 Å². The normalized spacial score (nSPS) is 11.3. The maximum Gasteiger partial charge on any atom is 0.412 e. The zero-order valence-corrected chi connectivity index (χ0v) is 22.3. The van der Waals surface area contributed by atoms with Gasteiger partial charge in [-0.2, -0.15) is 0 Å². The van der Waals surface area contributed by atoms with Crippen LogP contribution < -0.4 is 5.32 Å². The van der Waals surface area contributed by atoms with Crippen LogP contribution >= 0.6 is 22.6 Å². The molecule has 3 aromatic carbocycles. The minimum Gasteiger partial charge on any atom is -0.456 e. The Bertz CT molecular complexity index is 1400. The van der Waals surface area contributed by atoms with Crippen molar-refractivity contribution in [3.05, 3.63) is 93.2 Å². The number of benzene rings is 3. The molecular weight excluding hydrogens is 555 g/mol. The second-order valence-corrected chi connectivity index (χ2v) is 10.4. The van der Waals surface area contributed by atoms with E-state index in [1.165, 1.54) is 0 Å². The number of para-hydroxylation sites is 2. The number of carbonyl (C=O) groups excluding carboxylic acids is 2. The van der Waals surface area contributed by atoms with Crippen molar-refractivity contribution in [1.29, 1.82) is 0 Å². The fourth-order valence-electron chi connectivity index (χ4n) is 3.85. The van der Waals surface area contributed by atoms with E-state index in [0.717, 1.165) is 25.6 Å². The Kier molecular flexibility index (Phi) is 7.16. The van der Waals surface area contributed by atoms with Crippen LogP contribution in [0.25, 0.3) is 16.6 Å². The Morgan fingerprint density at radius 2 is 1.69 bits per heavy atom. The number of aryl methyl sites for hydroxylation is 1. The Balaban J connectivity index is 1.77. The first-order valence-corrected chi connectivity index (χ1v) is 12.3. The van der Waals surface area contributed by atoms with Crippen molar-refractivity contribution in [2.24, 2.45) is 0 Å². The highest BCUT2D eigenvalue weighted by molar-refractivity contribution is 14.1. The third-order valence-corrected chi connectivity index (χ3v) is 6.39. The number of halogens is 1. The van der Waals surface area contributed by atoms with Crippen LogP contribution in [0, 0.1) is 10.5 Å². The van der Waals surface area contributed by atoms with Gasteiger partial charge in [-0.1, -0.05) is 48.5 Å². The van der Waals surface area contributed by atoms with E-state index < -0.39 is 17.7 Å². The number of hydrogen-bond donors (Lipinski definition) is 1. The molecule has 6 nitrogen and oxygen atoms in total. The quantitative estimate of drug-likeness (QED) is 0.199. The molecule has 0 spiro atoms. The molecule has 180 valence electrons. The molecule has 0 fully saturated rings. The summed E-state index contributed by atoms with van der Waals surface area (Å²) in [6, 6.07) is 22.9. The summed E-state index contributed by atoms with van der Waals surface area (Å²) in [6.45, 7) is 7.53. The van der Waals surface area contributed by atoms with E-state index in [4.69, 9.17) is 9.47 Å². The summed E-state index contributed by atoms with van der Waals surface area (Å²) < 4.78 is 14.1. The van der Waals surface area contributed by atoms with Gasteiger partial charge < -0.3 is 14.0 Å². The molecule has 0 aliphatic rings. The largest absolute Gasteiger partial charge is 0.456 e. The molecule has 1 heterocycles. The number of rotatable bonds is 5. The first-order valence-electron chi connectivity index (χ1n) is 11.2. The van der Waals surface area contributed by atoms with Crippen LogP contribution in [0.15, 0.2) is 72.8 Å². The third-order valence-electron chi connectivity index (χ3n) is 5.33. The molecule has 1 N–H and O–H groups in total. The summed E-state index contributed by atoms with van der Waals surface area (Å²) in [5.74, 6) is -0.452. The number of nitrogens with one attached hydrogen (secondary N) is 1. The van der Waals surface area contributed by atoms with Gasteiger partial charge in [0.2, 0.25) is 0 Å². The number of anilines is 1. The number of amides is 1. The Labute approximate surface area is 218 Å². The minimum absolute atomic E-state index is 0.163. The number of carbonyl (C=O) groups is 2. The van der Waals surface area contributed by atoms with Gasteiger partial charge in [0, 0.05) is 14.5 Å². The molecule has 1 aromatic heterocycles. The van der Waals surface area contributed by atoms with Gasteiger partial charge in [-0.3, -0.25) is 5.32 Å². The van der Waals surface area contributed by atoms with Crippen molar-refractivity contribution < 1.29 is 19.1 Å². The van der Waals surface area contributed by atoms with E-state index in [2.05, 4.69) is 27.9 Å². The number of aromatic nitrogens is 1. The molecule has 0 aliphatic heterocycles. The number of esters is 1. The molecule has 7 heteroatoms. The predicted octanol–water partition coefficient (Wildman–Crippen LogP) is 7.25. The van der Waals surface area contributed by atoms with Gasteiger partial charge in [0.05, 0.1) is 16.9 Å². The van der Waals surface area contributed by atoms with E-state index in [9.17, 15) is 9.59 Å². The first-order chi connectivity index (χ1) is 16.6. The topological polar surface area (TPSA) is 69.6 Å². The highest BCUT2D eigenvalue weighted by Crippen LogP contribution is 2.32. The summed E-state index contributed by atoms with van der Waals surface area (Å²) in [7, 11) is 0. The smallest absolute Gasteiger partial charge is 0.412 e. The SMILES string of the molecule is Cc1cccc(NC(=O)OC(C)(C)C)c1-n1c(C(=O)OCc2ccccc2I)cc2ccccc21. The molecule has 0 saturated carbocycles. The molecule has 0 aliphatic carbocycles. The maximum absolute atomic E-state index is 13.4. The van der Waals surface area contributed by atoms with Crippen molar-refractivity contribution in [2.75, 3.05) is 5.32 Å². The summed E-state index contributed by atoms with van der Waals surface area (Å²) in [5, 5.41) is 3.75. The van der Waals surface area contributed by atoms with Crippen molar-refractivity contribution in [3.8, 4) is 5.69 Å². The highest BCUT2D eigenvalue weighted by atomic mass is 127. The lowest BCUT2D eigenvalue weighted by molar-refractivity contribution is 0.0462. The molecule has 0 unspecified atom stereocenters. The van der Waals surface area contributed by atoms with Crippen LogP contribution in [-0.2, 0) is 16.1 Å². The lowest BCUT2D eigenvalue weighted by Gasteiger charge is -2.22. The standard InChI is InChI=1S/C28H27IN2O4/c1-18-10-9-14-22(30-27(33)35-28(2,3)4)25(18)31-23-15-8-6-11-19(23)16-24(31)26(32)34-17-20-12-5-7-13-21(20)29/h5-16H,17H2,1-4H3,(H,30,33). The monoisotopic (exact) mass is 582 g/mol. The molecule has 4 rings (SSSR count). The minimum atomic E-state index is -0.641. The summed E-state index contributed by atoms with van der Waals surface area (Å²) in [6.07, 6.45) is -0.566. The molecule has 0 radical (unpaired) electrons. The number of fused-ring (bicyclic) bond motifs is 1. The second kappa shape index (κ2) is 10.1. The van der Waals surface area contributed by atoms with Crippen LogP contribution in [0.4, 0.5) is 10.5 Å². The van der Waals surface area contributed by atoms with E-state index in [1.807, 2.05) is 99.0 Å². The van der Waals surface area contributed by atoms with Crippen molar-refractivity contribution in [1.82, 2.24) is 4.57 Å². The Morgan fingerprint density at radius 3 is 2.43 bits per heavy atom. The number of nitrogens with zero attached hydrogens (tertiary/aromatic N) is 1. The number of hydrogen-bond acceptors (Lipinski definition) is 4. The highest BCUT2D eigenvalue weighted by Gasteiger charge is 2.23. The van der Waals surface area contributed by atoms with E-state index in [0.29, 0.717) is 17.1 Å². The van der Waals surface area contributed by atoms with E-state index in [1.54, 1.807) is 6.07 Å². The third kappa shape index (κ3) is 5.67. The Morgan fingerprint density at radius 1 is 0.971 bits per heavy atom. The van der Waals surface area contributed by atoms with Gasteiger partial charge in [0.25, 0.3) is 0 Å². The maximum atomic E-state index is 13.4. The second-order valence-electron chi connectivity index (χ2n) is 9.19. The lowest BCUT2D eigenvalue weighted by Crippen LogP contribution is -2.27. The van der Waals surface area contributed by atoms with Gasteiger partial charge in [-0.15, -0.1) is 0 Å². The molecule has 35 heavy (non-hydrogen) atoms. The fourth-order valence-corrected chi connectivity index (χ4v) is 4.39. The van der Waals surface area contributed by atoms with E-state index >= 15 is 0 Å². The van der Waals surface area contributed by atoms with Crippen LogP contribution in [0.1, 0.15) is 42.4 Å². The van der Waals surface area contributed by atoms with Gasteiger partial charge in [-0.25, -0.2) is 9.59 Å². The van der Waals surface area contributed by atoms with Crippen molar-refractivity contribution >= 4 is 51.2 Å². The van der Waals surface area contributed by atoms with Gasteiger partial charge in [0.15, 0.2) is 0 Å². The molecule has 1 amide bonds. The molecule has 4 aromatic rings. The van der Waals surface area contributed by atoms with Crippen molar-refractivity contribution in [3.63, 3.8) is 0 Å². The van der Waals surface area contributed by atoms with Gasteiger partial charge in [0.1, 0.15) is 17.9 Å². The van der Waals surface area contributed by atoms with Gasteiger partial charge in [-0.05, 0) is 80.1 Å². The van der Waals surface area contributed by atoms with Crippen LogP contribution in [0.2, 0.25) is 0 Å². The molecule has 0 saturated heterocycles. The predicted molar refractivity (Wildman–Crippen MR) is 146 cm³/mol. The Hall–Kier alpha value is -3.33. The summed E-state index contributed by atoms with van der Waals surface area (Å²) in [4.78, 5) is 26.0. The van der Waals surface area contributed by atoms with E-state index in [-0.39, 0.29) is 6.61 Å². The lowest BCUT2D eigenvalue weighted by atomic mass is 10.1. The fraction of sp³-hybridized carbons (Fsp3) is 0.214. The summed E-state index contributed by atoms with van der Waals surface area (Å²) in [5.41, 5.74) is 3.60. The zero-order valence-electron chi connectivity index (χ0n) is 20.1. The van der Waals surface area contributed by atoms with Crippen LogP contribution in [0.5, 0.6) is 0 Å². The average Bonchev–Trinajstić information content (AvgIpc) is 3.16. The summed E-state index contributed by atoms with van der Waals surface area (Å²) >= 11 is 2.23. The molecule has 0 atom stereocenters.